The summed E-state index contributed by atoms with van der Waals surface area (Å²) in [5.41, 5.74) is 0. The Morgan fingerprint density at radius 3 is 2.25 bits per heavy atom. The summed E-state index contributed by atoms with van der Waals surface area (Å²) in [5.74, 6) is -1.94. The van der Waals surface area contributed by atoms with E-state index in [0.29, 0.717) is 0 Å². The van der Waals surface area contributed by atoms with Gasteiger partial charge in [0.15, 0.2) is 0 Å². The Hall–Kier alpha value is -1.10. The minimum Gasteiger partial charge on any atom is -0.481 e. The summed E-state index contributed by atoms with van der Waals surface area (Å²) in [6, 6.07) is 0. The lowest BCUT2D eigenvalue weighted by atomic mass is 9.78. The topological polar surface area (TPSA) is 66.8 Å². The van der Waals surface area contributed by atoms with Crippen LogP contribution in [0.25, 0.3) is 0 Å². The summed E-state index contributed by atoms with van der Waals surface area (Å²) in [7, 11) is 0. The Labute approximate surface area is 93.4 Å². The predicted octanol–water partition coefficient (Wildman–Crippen LogP) is 0.0969. The number of aliphatic carboxylic acids is 1. The van der Waals surface area contributed by atoms with Gasteiger partial charge in [0.25, 0.3) is 0 Å². The second kappa shape index (κ2) is 3.45. The highest BCUT2D eigenvalue weighted by atomic mass is 16.5. The van der Waals surface area contributed by atoms with Crippen LogP contribution in [0.1, 0.15) is 19.3 Å². The molecule has 1 N–H and O–H groups in total. The van der Waals surface area contributed by atoms with Crippen LogP contribution in [0, 0.1) is 11.8 Å². The van der Waals surface area contributed by atoms with Crippen LogP contribution >= 0.6 is 0 Å². The average molecular weight is 225 g/mol. The maximum Gasteiger partial charge on any atom is 0.310 e. The van der Waals surface area contributed by atoms with Crippen LogP contribution in [-0.2, 0) is 14.3 Å². The van der Waals surface area contributed by atoms with Gasteiger partial charge in [-0.2, -0.15) is 0 Å². The number of carbonyl (C=O) groups is 2. The lowest BCUT2D eigenvalue weighted by Crippen LogP contribution is -2.50. The lowest BCUT2D eigenvalue weighted by Gasteiger charge is -2.36. The van der Waals surface area contributed by atoms with Crippen molar-refractivity contribution >= 4 is 11.9 Å². The third-order valence-electron chi connectivity index (χ3n) is 4.01. The molecule has 3 fully saturated rings. The van der Waals surface area contributed by atoms with Crippen molar-refractivity contribution in [1.82, 2.24) is 4.90 Å². The number of carboxylic acids is 1. The number of rotatable bonds is 2. The average Bonchev–Trinajstić information content (AvgIpc) is 2.72. The highest BCUT2D eigenvalue weighted by Crippen LogP contribution is 2.44. The van der Waals surface area contributed by atoms with Gasteiger partial charge in [-0.05, 0) is 19.3 Å². The van der Waals surface area contributed by atoms with Crippen LogP contribution in [0.2, 0.25) is 0 Å². The first kappa shape index (κ1) is 10.1. The van der Waals surface area contributed by atoms with E-state index in [4.69, 9.17) is 4.74 Å². The van der Waals surface area contributed by atoms with E-state index in [0.717, 1.165) is 32.4 Å². The summed E-state index contributed by atoms with van der Waals surface area (Å²) < 4.78 is 5.57. The minimum absolute atomic E-state index is 0.00847. The molecule has 0 saturated carbocycles. The zero-order valence-corrected chi connectivity index (χ0v) is 8.96. The molecule has 5 nitrogen and oxygen atoms in total. The first-order chi connectivity index (χ1) is 7.68. The lowest BCUT2D eigenvalue weighted by molar-refractivity contribution is -0.152. The van der Waals surface area contributed by atoms with Gasteiger partial charge in [-0.3, -0.25) is 9.59 Å². The number of carboxylic acid groups (broad SMARTS) is 1. The van der Waals surface area contributed by atoms with Crippen molar-refractivity contribution in [2.45, 2.75) is 31.5 Å². The number of carbonyl (C=O) groups excluding carboxylic acids is 1. The van der Waals surface area contributed by atoms with Crippen LogP contribution in [0.15, 0.2) is 0 Å². The molecule has 0 radical (unpaired) electrons. The van der Waals surface area contributed by atoms with E-state index in [-0.39, 0.29) is 18.1 Å². The molecule has 3 aliphatic heterocycles. The van der Waals surface area contributed by atoms with Crippen molar-refractivity contribution in [1.29, 1.82) is 0 Å². The number of hydrogen-bond acceptors (Lipinski definition) is 3. The molecule has 0 unspecified atom stereocenters. The second-order valence-electron chi connectivity index (χ2n) is 4.86. The Kier molecular flexibility index (Phi) is 2.17. The molecule has 5 heteroatoms. The van der Waals surface area contributed by atoms with Crippen molar-refractivity contribution in [3.63, 3.8) is 0 Å². The predicted molar refractivity (Wildman–Crippen MR) is 53.7 cm³/mol. The number of ether oxygens (including phenoxy) is 1. The Balaban J connectivity index is 1.81. The van der Waals surface area contributed by atoms with Crippen molar-refractivity contribution in [2.24, 2.45) is 11.8 Å². The maximum atomic E-state index is 12.1. The van der Waals surface area contributed by atoms with Gasteiger partial charge < -0.3 is 14.7 Å². The molecule has 0 aromatic heterocycles. The Morgan fingerprint density at radius 2 is 1.75 bits per heavy atom. The Morgan fingerprint density at radius 1 is 1.12 bits per heavy atom. The van der Waals surface area contributed by atoms with E-state index in [1.54, 1.807) is 4.90 Å². The molecule has 0 aliphatic carbocycles. The zero-order chi connectivity index (χ0) is 11.3. The highest BCUT2D eigenvalue weighted by molar-refractivity contribution is 5.87. The SMILES string of the molecule is O=C(O)[C@@H]1[C@H](C(=O)N2CCC2)[C@H]2CC[C@@H]1O2. The van der Waals surface area contributed by atoms with Crippen LogP contribution < -0.4 is 0 Å². The maximum absolute atomic E-state index is 12.1. The van der Waals surface area contributed by atoms with E-state index < -0.39 is 17.8 Å². The molecule has 3 saturated heterocycles. The third kappa shape index (κ3) is 1.27. The van der Waals surface area contributed by atoms with Crippen LogP contribution in [0.4, 0.5) is 0 Å². The molecule has 0 aromatic carbocycles. The molecule has 3 heterocycles. The normalized spacial score (nSPS) is 40.9. The van der Waals surface area contributed by atoms with E-state index in [1.807, 2.05) is 0 Å². The van der Waals surface area contributed by atoms with Crippen LogP contribution in [-0.4, -0.2) is 47.2 Å². The molecular weight excluding hydrogens is 210 g/mol. The van der Waals surface area contributed by atoms with Gasteiger partial charge >= 0.3 is 5.97 Å². The monoisotopic (exact) mass is 225 g/mol. The van der Waals surface area contributed by atoms with E-state index in [9.17, 15) is 14.7 Å². The number of nitrogens with zero attached hydrogens (tertiary/aromatic N) is 1. The fraction of sp³-hybridized carbons (Fsp3) is 0.818. The first-order valence-corrected chi connectivity index (χ1v) is 5.85. The molecule has 2 bridgehead atoms. The Bertz CT molecular complexity index is 339. The van der Waals surface area contributed by atoms with E-state index in [1.165, 1.54) is 0 Å². The van der Waals surface area contributed by atoms with Crippen molar-refractivity contribution in [3.05, 3.63) is 0 Å². The molecule has 16 heavy (non-hydrogen) atoms. The molecule has 3 aliphatic rings. The van der Waals surface area contributed by atoms with E-state index in [2.05, 4.69) is 0 Å². The molecule has 0 spiro atoms. The number of amides is 1. The molecule has 4 atom stereocenters. The quantitative estimate of drug-likeness (QED) is 0.723. The summed E-state index contributed by atoms with van der Waals surface area (Å²) in [5, 5.41) is 9.18. The first-order valence-electron chi connectivity index (χ1n) is 5.85. The fourth-order valence-electron chi connectivity index (χ4n) is 3.05. The largest absolute Gasteiger partial charge is 0.481 e. The number of likely N-dealkylation sites (tertiary alicyclic amines) is 1. The third-order valence-corrected chi connectivity index (χ3v) is 4.01. The van der Waals surface area contributed by atoms with Gasteiger partial charge in [-0.15, -0.1) is 0 Å². The summed E-state index contributed by atoms with van der Waals surface area (Å²) in [6.07, 6.45) is 2.26. The second-order valence-corrected chi connectivity index (χ2v) is 4.86. The zero-order valence-electron chi connectivity index (χ0n) is 8.96. The highest BCUT2D eigenvalue weighted by Gasteiger charge is 2.56. The van der Waals surface area contributed by atoms with Crippen molar-refractivity contribution in [3.8, 4) is 0 Å². The van der Waals surface area contributed by atoms with Gasteiger partial charge in [-0.1, -0.05) is 0 Å². The molecular formula is C11H15NO4. The van der Waals surface area contributed by atoms with Gasteiger partial charge in [-0.25, -0.2) is 0 Å². The van der Waals surface area contributed by atoms with Crippen LogP contribution in [0.3, 0.4) is 0 Å². The molecule has 3 rings (SSSR count). The van der Waals surface area contributed by atoms with Crippen LogP contribution in [0.5, 0.6) is 0 Å². The van der Waals surface area contributed by atoms with Crippen molar-refractivity contribution in [2.75, 3.05) is 13.1 Å². The summed E-state index contributed by atoms with van der Waals surface area (Å²) in [4.78, 5) is 25.1. The number of hydrogen-bond donors (Lipinski definition) is 1. The van der Waals surface area contributed by atoms with E-state index >= 15 is 0 Å². The minimum atomic E-state index is -0.883. The molecule has 0 aromatic rings. The standard InChI is InChI=1S/C11H15NO4/c13-10(12-4-1-5-12)8-6-2-3-7(16-6)9(8)11(14)15/h6-9H,1-5H2,(H,14,15)/t6-,7+,8-,9+/m1/s1. The van der Waals surface area contributed by atoms with Crippen molar-refractivity contribution < 1.29 is 19.4 Å². The van der Waals surface area contributed by atoms with Gasteiger partial charge in [0.2, 0.25) is 5.91 Å². The fourth-order valence-corrected chi connectivity index (χ4v) is 3.05. The van der Waals surface area contributed by atoms with Gasteiger partial charge in [0.1, 0.15) is 0 Å². The molecule has 1 amide bonds. The number of fused-ring (bicyclic) bond motifs is 2. The summed E-state index contributed by atoms with van der Waals surface area (Å²) in [6.45, 7) is 1.55. The van der Waals surface area contributed by atoms with Gasteiger partial charge in [0.05, 0.1) is 24.0 Å². The van der Waals surface area contributed by atoms with Gasteiger partial charge in [0, 0.05) is 13.1 Å². The molecule has 88 valence electrons. The smallest absolute Gasteiger partial charge is 0.310 e. The summed E-state index contributed by atoms with van der Waals surface area (Å²) >= 11 is 0.